The molecule has 1 aromatic rings. The van der Waals surface area contributed by atoms with Crippen LogP contribution in [0.3, 0.4) is 0 Å². The van der Waals surface area contributed by atoms with Gasteiger partial charge in [0, 0.05) is 6.54 Å². The first-order chi connectivity index (χ1) is 8.60. The summed E-state index contributed by atoms with van der Waals surface area (Å²) in [5.74, 6) is 0.777. The largest absolute Gasteiger partial charge is 0.497 e. The monoisotopic (exact) mass is 251 g/mol. The highest BCUT2D eigenvalue weighted by Crippen LogP contribution is 2.29. The predicted octanol–water partition coefficient (Wildman–Crippen LogP) is 1.33. The first-order valence-electron chi connectivity index (χ1n) is 6.07. The van der Waals surface area contributed by atoms with Crippen LogP contribution in [0.4, 0.5) is 0 Å². The molecular weight excluding hydrogens is 230 g/mol. The molecule has 2 N–H and O–H groups in total. The molecule has 0 fully saturated rings. The Labute approximate surface area is 108 Å². The van der Waals surface area contributed by atoms with Gasteiger partial charge in [0.15, 0.2) is 0 Å². The molecule has 1 aromatic carbocycles. The fourth-order valence-corrected chi connectivity index (χ4v) is 2.03. The van der Waals surface area contributed by atoms with Gasteiger partial charge < -0.3 is 14.6 Å². The van der Waals surface area contributed by atoms with Crippen LogP contribution in [0.2, 0.25) is 0 Å². The van der Waals surface area contributed by atoms with E-state index >= 15 is 0 Å². The van der Waals surface area contributed by atoms with E-state index in [-0.39, 0.29) is 12.5 Å². The highest BCUT2D eigenvalue weighted by Gasteiger charge is 2.35. The van der Waals surface area contributed by atoms with Gasteiger partial charge in [0.05, 0.1) is 13.7 Å². The molecule has 0 aliphatic carbocycles. The van der Waals surface area contributed by atoms with Gasteiger partial charge in [0.1, 0.15) is 17.6 Å². The summed E-state index contributed by atoms with van der Waals surface area (Å²) >= 11 is 0. The van der Waals surface area contributed by atoms with Crippen molar-refractivity contribution in [2.24, 2.45) is 5.92 Å². The van der Waals surface area contributed by atoms with Gasteiger partial charge in [-0.05, 0) is 23.6 Å². The van der Waals surface area contributed by atoms with Crippen molar-refractivity contribution in [3.63, 3.8) is 0 Å². The van der Waals surface area contributed by atoms with Crippen molar-refractivity contribution in [3.05, 3.63) is 29.8 Å². The normalized spacial score (nSPS) is 14.3. The van der Waals surface area contributed by atoms with Gasteiger partial charge in [0.25, 0.3) is 0 Å². The Morgan fingerprint density at radius 2 is 2.22 bits per heavy atom. The summed E-state index contributed by atoms with van der Waals surface area (Å²) in [6, 6.07) is 7.43. The lowest BCUT2D eigenvalue weighted by Crippen LogP contribution is -2.49. The molecule has 100 valence electrons. The first kappa shape index (κ1) is 14.7. The Kier molecular flexibility index (Phi) is 5.31. The molecule has 1 unspecified atom stereocenters. The Balaban J connectivity index is 3.18. The van der Waals surface area contributed by atoms with Crippen molar-refractivity contribution in [2.45, 2.75) is 19.4 Å². The zero-order valence-corrected chi connectivity index (χ0v) is 11.1. The second-order valence-corrected chi connectivity index (χ2v) is 4.52. The molecule has 0 aliphatic rings. The number of rotatable bonds is 7. The van der Waals surface area contributed by atoms with Gasteiger partial charge in [-0.15, -0.1) is 0 Å². The maximum Gasteiger partial charge on any atom is 0.144 e. The van der Waals surface area contributed by atoms with Crippen LogP contribution in [0.15, 0.2) is 24.3 Å². The zero-order valence-electron chi connectivity index (χ0n) is 11.1. The average Bonchev–Trinajstić information content (AvgIpc) is 2.40. The molecule has 0 saturated carbocycles. The summed E-state index contributed by atoms with van der Waals surface area (Å²) in [6.07, 6.45) is 0.905. The summed E-state index contributed by atoms with van der Waals surface area (Å²) in [5, 5.41) is 12.1. The molecule has 1 rings (SSSR count). The minimum absolute atomic E-state index is 0.00766. The van der Waals surface area contributed by atoms with Crippen molar-refractivity contribution in [1.82, 2.24) is 5.32 Å². The number of hydrogen-bond acceptors (Lipinski definition) is 4. The van der Waals surface area contributed by atoms with Crippen LogP contribution in [-0.2, 0) is 10.3 Å². The SMILES string of the molecule is COc1cccc(C(C=O)(NCCO)C(C)C)c1. The zero-order chi connectivity index (χ0) is 13.6. The molecule has 4 nitrogen and oxygen atoms in total. The van der Waals surface area contributed by atoms with Gasteiger partial charge >= 0.3 is 0 Å². The molecule has 0 spiro atoms. The van der Waals surface area contributed by atoms with E-state index in [9.17, 15) is 4.79 Å². The number of ether oxygens (including phenoxy) is 1. The number of aldehydes is 1. The molecule has 0 radical (unpaired) electrons. The third kappa shape index (κ3) is 2.89. The van der Waals surface area contributed by atoms with E-state index in [0.29, 0.717) is 12.3 Å². The van der Waals surface area contributed by atoms with Crippen LogP contribution in [0, 0.1) is 5.92 Å². The highest BCUT2D eigenvalue weighted by atomic mass is 16.5. The van der Waals surface area contributed by atoms with Crippen molar-refractivity contribution in [1.29, 1.82) is 0 Å². The second-order valence-electron chi connectivity index (χ2n) is 4.52. The van der Waals surface area contributed by atoms with Crippen LogP contribution in [0.25, 0.3) is 0 Å². The van der Waals surface area contributed by atoms with Crippen LogP contribution in [0.5, 0.6) is 5.75 Å². The third-order valence-corrected chi connectivity index (χ3v) is 3.17. The highest BCUT2D eigenvalue weighted by molar-refractivity contribution is 5.69. The molecule has 0 aliphatic heterocycles. The molecule has 1 atom stereocenters. The molecule has 0 saturated heterocycles. The molecule has 0 heterocycles. The van der Waals surface area contributed by atoms with Crippen molar-refractivity contribution >= 4 is 6.29 Å². The summed E-state index contributed by atoms with van der Waals surface area (Å²) < 4.78 is 5.19. The first-order valence-corrected chi connectivity index (χ1v) is 6.07. The van der Waals surface area contributed by atoms with Gasteiger partial charge in [-0.25, -0.2) is 0 Å². The maximum atomic E-state index is 11.6. The maximum absolute atomic E-state index is 11.6. The van der Waals surface area contributed by atoms with Crippen LogP contribution >= 0.6 is 0 Å². The van der Waals surface area contributed by atoms with Gasteiger partial charge in [-0.2, -0.15) is 0 Å². The summed E-state index contributed by atoms with van der Waals surface area (Å²) in [7, 11) is 1.60. The molecule has 0 aromatic heterocycles. The number of hydrogen-bond donors (Lipinski definition) is 2. The Hall–Kier alpha value is -1.39. The fourth-order valence-electron chi connectivity index (χ4n) is 2.03. The van der Waals surface area contributed by atoms with Crippen molar-refractivity contribution < 1.29 is 14.6 Å². The molecule has 0 bridgehead atoms. The third-order valence-electron chi connectivity index (χ3n) is 3.17. The van der Waals surface area contributed by atoms with Crippen LogP contribution in [0.1, 0.15) is 19.4 Å². The molecule has 18 heavy (non-hydrogen) atoms. The minimum atomic E-state index is -0.794. The molecule has 4 heteroatoms. The quantitative estimate of drug-likeness (QED) is 0.718. The Bertz CT molecular complexity index is 392. The number of aliphatic hydroxyl groups excluding tert-OH is 1. The molecular formula is C14H21NO3. The lowest BCUT2D eigenvalue weighted by molar-refractivity contribution is -0.115. The van der Waals surface area contributed by atoms with Gasteiger partial charge in [0.2, 0.25) is 0 Å². The van der Waals surface area contributed by atoms with Gasteiger partial charge in [-0.1, -0.05) is 26.0 Å². The van der Waals surface area contributed by atoms with E-state index in [1.807, 2.05) is 38.1 Å². The smallest absolute Gasteiger partial charge is 0.144 e. The lowest BCUT2D eigenvalue weighted by Gasteiger charge is -2.34. The number of methoxy groups -OCH3 is 1. The summed E-state index contributed by atoms with van der Waals surface area (Å²) in [4.78, 5) is 11.6. The number of aliphatic hydroxyl groups is 1. The predicted molar refractivity (Wildman–Crippen MR) is 70.7 cm³/mol. The Morgan fingerprint density at radius 1 is 1.50 bits per heavy atom. The summed E-state index contributed by atoms with van der Waals surface area (Å²) in [5.41, 5.74) is 0.0531. The van der Waals surface area contributed by atoms with Gasteiger partial charge in [-0.3, -0.25) is 5.32 Å². The number of carbonyl (C=O) groups is 1. The van der Waals surface area contributed by atoms with E-state index in [0.717, 1.165) is 11.8 Å². The Morgan fingerprint density at radius 3 is 2.72 bits per heavy atom. The van der Waals surface area contributed by atoms with Crippen LogP contribution < -0.4 is 10.1 Å². The minimum Gasteiger partial charge on any atom is -0.497 e. The standard InChI is InChI=1S/C14H21NO3/c1-11(2)14(10-17,15-7-8-16)12-5-4-6-13(9-12)18-3/h4-6,9-11,15-16H,7-8H2,1-3H3. The molecule has 0 amide bonds. The number of nitrogens with one attached hydrogen (secondary N) is 1. The van der Waals surface area contributed by atoms with E-state index in [1.54, 1.807) is 7.11 Å². The average molecular weight is 251 g/mol. The number of carbonyl (C=O) groups excluding carboxylic acids is 1. The van der Waals surface area contributed by atoms with E-state index in [1.165, 1.54) is 0 Å². The summed E-state index contributed by atoms with van der Waals surface area (Å²) in [6.45, 7) is 4.30. The second kappa shape index (κ2) is 6.52. The number of benzene rings is 1. The van der Waals surface area contributed by atoms with Crippen LogP contribution in [-0.4, -0.2) is 31.7 Å². The topological polar surface area (TPSA) is 58.6 Å². The van der Waals surface area contributed by atoms with E-state index in [2.05, 4.69) is 5.32 Å². The van der Waals surface area contributed by atoms with E-state index in [4.69, 9.17) is 9.84 Å². The van der Waals surface area contributed by atoms with Crippen molar-refractivity contribution in [3.8, 4) is 5.75 Å². The van der Waals surface area contributed by atoms with E-state index < -0.39 is 5.54 Å². The lowest BCUT2D eigenvalue weighted by atomic mass is 9.81. The fraction of sp³-hybridized carbons (Fsp3) is 0.500. The van der Waals surface area contributed by atoms with Crippen molar-refractivity contribution in [2.75, 3.05) is 20.3 Å².